The number of hydrogen-bond donors (Lipinski definition) is 1. The van der Waals surface area contributed by atoms with Crippen molar-refractivity contribution < 1.29 is 4.79 Å². The molecule has 4 heteroatoms. The SMILES string of the molecule is CC1(C(=O)Cc2ccc(Cl)cc2Cl)CCCC1N. The lowest BCUT2D eigenvalue weighted by Gasteiger charge is -2.27. The quantitative estimate of drug-likeness (QED) is 0.922. The Balaban J connectivity index is 2.16. The summed E-state index contributed by atoms with van der Waals surface area (Å²) in [6, 6.07) is 5.21. The van der Waals surface area contributed by atoms with Crippen LogP contribution in [0.4, 0.5) is 0 Å². The highest BCUT2D eigenvalue weighted by molar-refractivity contribution is 6.35. The molecule has 0 amide bonds. The lowest BCUT2D eigenvalue weighted by atomic mass is 9.78. The molecule has 2 rings (SSSR count). The third-order valence-corrected chi connectivity index (χ3v) is 4.62. The molecule has 1 saturated carbocycles. The zero-order valence-electron chi connectivity index (χ0n) is 10.4. The van der Waals surface area contributed by atoms with E-state index in [1.165, 1.54) is 0 Å². The number of Topliss-reactive ketones (excluding diaryl/α,β-unsaturated/α-hetero) is 1. The molecule has 0 saturated heterocycles. The zero-order valence-corrected chi connectivity index (χ0v) is 11.9. The molecular weight excluding hydrogens is 269 g/mol. The van der Waals surface area contributed by atoms with Gasteiger partial charge in [0.2, 0.25) is 0 Å². The van der Waals surface area contributed by atoms with Crippen molar-refractivity contribution in [3.63, 3.8) is 0 Å². The van der Waals surface area contributed by atoms with Gasteiger partial charge in [0.15, 0.2) is 0 Å². The molecule has 1 aliphatic carbocycles. The van der Waals surface area contributed by atoms with E-state index >= 15 is 0 Å². The molecule has 2 atom stereocenters. The number of carbonyl (C=O) groups is 1. The van der Waals surface area contributed by atoms with Crippen LogP contribution in [-0.2, 0) is 11.2 Å². The molecule has 18 heavy (non-hydrogen) atoms. The largest absolute Gasteiger partial charge is 0.327 e. The van der Waals surface area contributed by atoms with Crippen LogP contribution in [0.3, 0.4) is 0 Å². The first-order chi connectivity index (χ1) is 8.43. The summed E-state index contributed by atoms with van der Waals surface area (Å²) in [6.45, 7) is 1.97. The summed E-state index contributed by atoms with van der Waals surface area (Å²) >= 11 is 11.9. The van der Waals surface area contributed by atoms with Crippen LogP contribution < -0.4 is 5.73 Å². The summed E-state index contributed by atoms with van der Waals surface area (Å²) in [7, 11) is 0. The fraction of sp³-hybridized carbons (Fsp3) is 0.500. The van der Waals surface area contributed by atoms with Crippen molar-refractivity contribution in [1.29, 1.82) is 0 Å². The van der Waals surface area contributed by atoms with E-state index in [1.54, 1.807) is 12.1 Å². The number of rotatable bonds is 3. The van der Waals surface area contributed by atoms with Gasteiger partial charge in [-0.3, -0.25) is 4.79 Å². The number of carbonyl (C=O) groups excluding carboxylic acids is 1. The normalized spacial score (nSPS) is 27.4. The minimum absolute atomic E-state index is 0.0314. The Labute approximate surface area is 117 Å². The van der Waals surface area contributed by atoms with Crippen LogP contribution in [0.2, 0.25) is 10.0 Å². The first-order valence-corrected chi connectivity index (χ1v) is 6.92. The van der Waals surface area contributed by atoms with Gasteiger partial charge in [-0.15, -0.1) is 0 Å². The number of ketones is 1. The summed E-state index contributed by atoms with van der Waals surface area (Å²) in [5, 5.41) is 1.13. The van der Waals surface area contributed by atoms with Crippen molar-refractivity contribution in [3.8, 4) is 0 Å². The van der Waals surface area contributed by atoms with Gasteiger partial charge in [0.05, 0.1) is 0 Å². The van der Waals surface area contributed by atoms with Gasteiger partial charge < -0.3 is 5.73 Å². The second kappa shape index (κ2) is 5.20. The minimum atomic E-state index is -0.400. The molecule has 2 nitrogen and oxygen atoms in total. The zero-order chi connectivity index (χ0) is 13.3. The van der Waals surface area contributed by atoms with E-state index in [4.69, 9.17) is 28.9 Å². The third kappa shape index (κ3) is 2.56. The van der Waals surface area contributed by atoms with Gasteiger partial charge in [0.25, 0.3) is 0 Å². The van der Waals surface area contributed by atoms with Gasteiger partial charge in [0, 0.05) is 27.9 Å². The van der Waals surface area contributed by atoms with Crippen molar-refractivity contribution >= 4 is 29.0 Å². The Morgan fingerprint density at radius 1 is 1.50 bits per heavy atom. The van der Waals surface area contributed by atoms with Crippen LogP contribution in [0.25, 0.3) is 0 Å². The summed E-state index contributed by atoms with van der Waals surface area (Å²) in [5.41, 5.74) is 6.48. The highest BCUT2D eigenvalue weighted by Crippen LogP contribution is 2.38. The first-order valence-electron chi connectivity index (χ1n) is 6.16. The summed E-state index contributed by atoms with van der Waals surface area (Å²) in [6.07, 6.45) is 3.16. The molecule has 0 spiro atoms. The molecule has 98 valence electrons. The highest BCUT2D eigenvalue weighted by atomic mass is 35.5. The second-order valence-electron chi connectivity index (χ2n) is 5.25. The smallest absolute Gasteiger partial charge is 0.144 e. The van der Waals surface area contributed by atoms with Gasteiger partial charge >= 0.3 is 0 Å². The topological polar surface area (TPSA) is 43.1 Å². The Kier molecular flexibility index (Phi) is 4.00. The van der Waals surface area contributed by atoms with Gasteiger partial charge in [-0.1, -0.05) is 42.6 Å². The molecule has 2 unspecified atom stereocenters. The molecule has 1 aromatic carbocycles. The summed E-state index contributed by atoms with van der Waals surface area (Å²) < 4.78 is 0. The van der Waals surface area contributed by atoms with Crippen LogP contribution in [0.5, 0.6) is 0 Å². The molecule has 0 aliphatic heterocycles. The minimum Gasteiger partial charge on any atom is -0.327 e. The second-order valence-corrected chi connectivity index (χ2v) is 6.10. The van der Waals surface area contributed by atoms with E-state index in [0.717, 1.165) is 24.8 Å². The van der Waals surface area contributed by atoms with Gasteiger partial charge in [-0.05, 0) is 30.5 Å². The maximum Gasteiger partial charge on any atom is 0.144 e. The lowest BCUT2D eigenvalue weighted by molar-refractivity contribution is -0.127. The highest BCUT2D eigenvalue weighted by Gasteiger charge is 2.42. The lowest BCUT2D eigenvalue weighted by Crippen LogP contribution is -2.41. The third-order valence-electron chi connectivity index (χ3n) is 4.03. The van der Waals surface area contributed by atoms with Gasteiger partial charge in [0.1, 0.15) is 5.78 Å². The monoisotopic (exact) mass is 285 g/mol. The number of benzene rings is 1. The van der Waals surface area contributed by atoms with E-state index in [-0.39, 0.29) is 11.8 Å². The van der Waals surface area contributed by atoms with Gasteiger partial charge in [-0.25, -0.2) is 0 Å². The number of hydrogen-bond acceptors (Lipinski definition) is 2. The molecular formula is C14H17Cl2NO. The maximum atomic E-state index is 12.4. The standard InChI is InChI=1S/C14H17Cl2NO/c1-14(6-2-3-12(14)17)13(18)7-9-4-5-10(15)8-11(9)16/h4-5,8,12H,2-3,6-7,17H2,1H3. The fourth-order valence-corrected chi connectivity index (χ4v) is 3.05. The summed E-state index contributed by atoms with van der Waals surface area (Å²) in [4.78, 5) is 12.4. The molecule has 0 radical (unpaired) electrons. The Hall–Kier alpha value is -0.570. The van der Waals surface area contributed by atoms with Crippen LogP contribution in [0.1, 0.15) is 31.7 Å². The van der Waals surface area contributed by atoms with Crippen molar-refractivity contribution in [1.82, 2.24) is 0 Å². The molecule has 2 N–H and O–H groups in total. The summed E-state index contributed by atoms with van der Waals surface area (Å²) in [5.74, 6) is 0.178. The van der Waals surface area contributed by atoms with E-state index in [0.29, 0.717) is 16.5 Å². The average Bonchev–Trinajstić information content (AvgIpc) is 2.64. The van der Waals surface area contributed by atoms with Crippen LogP contribution in [0.15, 0.2) is 18.2 Å². The van der Waals surface area contributed by atoms with Crippen LogP contribution in [0, 0.1) is 5.41 Å². The van der Waals surface area contributed by atoms with Crippen LogP contribution >= 0.6 is 23.2 Å². The number of halogens is 2. The fourth-order valence-electron chi connectivity index (χ4n) is 2.58. The Morgan fingerprint density at radius 3 is 2.78 bits per heavy atom. The van der Waals surface area contributed by atoms with Crippen molar-refractivity contribution in [2.45, 2.75) is 38.6 Å². The predicted molar refractivity (Wildman–Crippen MR) is 75.1 cm³/mol. The predicted octanol–water partition coefficient (Wildman–Crippen LogP) is 3.62. The van der Waals surface area contributed by atoms with Crippen molar-refractivity contribution in [3.05, 3.63) is 33.8 Å². The average molecular weight is 286 g/mol. The van der Waals surface area contributed by atoms with Crippen molar-refractivity contribution in [2.24, 2.45) is 11.1 Å². The van der Waals surface area contributed by atoms with Gasteiger partial charge in [-0.2, -0.15) is 0 Å². The molecule has 1 aromatic rings. The van der Waals surface area contributed by atoms with E-state index in [1.807, 2.05) is 13.0 Å². The van der Waals surface area contributed by atoms with Crippen LogP contribution in [-0.4, -0.2) is 11.8 Å². The molecule has 0 aromatic heterocycles. The van der Waals surface area contributed by atoms with E-state index in [2.05, 4.69) is 0 Å². The van der Waals surface area contributed by atoms with E-state index < -0.39 is 5.41 Å². The maximum absolute atomic E-state index is 12.4. The first kappa shape index (κ1) is 13.9. The molecule has 0 heterocycles. The Bertz CT molecular complexity index is 475. The Morgan fingerprint density at radius 2 is 2.22 bits per heavy atom. The molecule has 0 bridgehead atoms. The molecule has 1 aliphatic rings. The van der Waals surface area contributed by atoms with Crippen molar-refractivity contribution in [2.75, 3.05) is 0 Å². The van der Waals surface area contributed by atoms with E-state index in [9.17, 15) is 4.79 Å². The molecule has 1 fully saturated rings. The number of nitrogens with two attached hydrogens (primary N) is 1.